The first-order chi connectivity index (χ1) is 17.2. The van der Waals surface area contributed by atoms with E-state index in [9.17, 15) is 36.3 Å². The molecule has 37 heavy (non-hydrogen) atoms. The average molecular weight is 527 g/mol. The number of halogens is 5. The summed E-state index contributed by atoms with van der Waals surface area (Å²) >= 11 is 0. The summed E-state index contributed by atoms with van der Waals surface area (Å²) in [5.74, 6) is -3.43. The number of hydrogen-bond donors (Lipinski definition) is 2. The summed E-state index contributed by atoms with van der Waals surface area (Å²) in [5.41, 5.74) is 0.294. The lowest BCUT2D eigenvalue weighted by Crippen LogP contribution is -2.48. The molecule has 1 aliphatic rings. The van der Waals surface area contributed by atoms with E-state index in [1.807, 2.05) is 19.3 Å². The lowest BCUT2D eigenvalue weighted by Gasteiger charge is -2.27. The molecule has 2 aromatic carbocycles. The van der Waals surface area contributed by atoms with Crippen molar-refractivity contribution in [1.82, 2.24) is 20.7 Å². The quantitative estimate of drug-likeness (QED) is 0.433. The van der Waals surface area contributed by atoms with E-state index in [1.165, 1.54) is 19.1 Å². The van der Waals surface area contributed by atoms with E-state index >= 15 is 0 Å². The van der Waals surface area contributed by atoms with Gasteiger partial charge in [0.15, 0.2) is 0 Å². The Morgan fingerprint density at radius 3 is 2.19 bits per heavy atom. The lowest BCUT2D eigenvalue weighted by molar-refractivity contribution is -0.137. The minimum Gasteiger partial charge on any atom is -0.333 e. The molecule has 2 unspecified atom stereocenters. The van der Waals surface area contributed by atoms with Gasteiger partial charge in [-0.2, -0.15) is 13.2 Å². The van der Waals surface area contributed by atoms with Crippen molar-refractivity contribution in [2.45, 2.75) is 57.9 Å². The van der Waals surface area contributed by atoms with Crippen LogP contribution in [0.25, 0.3) is 0 Å². The van der Waals surface area contributed by atoms with Gasteiger partial charge < -0.3 is 10.2 Å². The van der Waals surface area contributed by atoms with Crippen molar-refractivity contribution in [3.63, 3.8) is 0 Å². The van der Waals surface area contributed by atoms with Crippen LogP contribution in [-0.2, 0) is 6.18 Å². The Morgan fingerprint density at radius 2 is 1.62 bits per heavy atom. The number of carbonyl (C=O) groups excluding carboxylic acids is 3. The molecule has 0 aromatic heterocycles. The molecule has 1 saturated heterocycles. The monoisotopic (exact) mass is 526 g/mol. The minimum atomic E-state index is -4.87. The number of likely N-dealkylation sites (tertiary alicyclic amines) is 1. The number of alkyl halides is 3. The van der Waals surface area contributed by atoms with E-state index in [0.29, 0.717) is 17.1 Å². The number of urea groups is 1. The van der Waals surface area contributed by atoms with Crippen molar-refractivity contribution in [2.75, 3.05) is 7.05 Å². The van der Waals surface area contributed by atoms with Crippen molar-refractivity contribution in [1.29, 1.82) is 0 Å². The molecule has 1 aliphatic heterocycles. The third-order valence-corrected chi connectivity index (χ3v) is 6.30. The molecule has 0 bridgehead atoms. The number of nitrogens with one attached hydrogen (secondary N) is 2. The van der Waals surface area contributed by atoms with Crippen LogP contribution >= 0.6 is 0 Å². The Kier molecular flexibility index (Phi) is 8.09. The normalized spacial score (nSPS) is 18.4. The van der Waals surface area contributed by atoms with Crippen molar-refractivity contribution in [2.24, 2.45) is 0 Å². The molecule has 2 N–H and O–H groups in total. The van der Waals surface area contributed by atoms with Gasteiger partial charge in [-0.05, 0) is 63.9 Å². The van der Waals surface area contributed by atoms with Crippen LogP contribution in [0.3, 0.4) is 0 Å². The first-order valence-corrected chi connectivity index (χ1v) is 11.5. The SMILES string of the molecule is CC1CCC(C)N1C(=O)c1ccc([C@@H](C)NC(=O)N(C)NC(=O)c2cc(F)cc(C(F)(F)F)c2)c(F)c1. The fourth-order valence-electron chi connectivity index (χ4n) is 4.27. The van der Waals surface area contributed by atoms with Gasteiger partial charge in [0.1, 0.15) is 11.6 Å². The van der Waals surface area contributed by atoms with E-state index in [4.69, 9.17) is 0 Å². The van der Waals surface area contributed by atoms with Crippen LogP contribution < -0.4 is 10.7 Å². The van der Waals surface area contributed by atoms with Crippen molar-refractivity contribution in [3.05, 3.63) is 70.3 Å². The van der Waals surface area contributed by atoms with E-state index in [2.05, 4.69) is 5.32 Å². The highest BCUT2D eigenvalue weighted by molar-refractivity contribution is 5.96. The molecule has 4 amide bonds. The van der Waals surface area contributed by atoms with Gasteiger partial charge in [0, 0.05) is 35.8 Å². The van der Waals surface area contributed by atoms with Crippen molar-refractivity contribution in [3.8, 4) is 0 Å². The number of hydrogen-bond acceptors (Lipinski definition) is 3. The standard InChI is InChI=1S/C25H27F5N4O3/c1-13-5-6-14(2)34(13)23(36)16-7-8-20(21(27)11-16)15(3)31-24(37)33(4)32-22(35)17-9-18(25(28,29)30)12-19(26)10-17/h7-15H,5-6H2,1-4H3,(H,31,37)(H,32,35)/t13?,14?,15-/m1/s1. The Labute approximate surface area is 210 Å². The van der Waals surface area contributed by atoms with Gasteiger partial charge in [0.25, 0.3) is 11.8 Å². The predicted octanol–water partition coefficient (Wildman–Crippen LogP) is 5.04. The molecule has 0 aliphatic carbocycles. The predicted molar refractivity (Wildman–Crippen MR) is 124 cm³/mol. The Hall–Kier alpha value is -3.70. The molecule has 0 saturated carbocycles. The maximum Gasteiger partial charge on any atom is 0.416 e. The summed E-state index contributed by atoms with van der Waals surface area (Å²) in [6.45, 7) is 5.34. The van der Waals surface area contributed by atoms with E-state index in [0.717, 1.165) is 26.0 Å². The molecular formula is C25H27F5N4O3. The van der Waals surface area contributed by atoms with Crippen LogP contribution in [-0.4, -0.2) is 46.9 Å². The Balaban J connectivity index is 1.65. The van der Waals surface area contributed by atoms with Gasteiger partial charge in [-0.25, -0.2) is 18.6 Å². The van der Waals surface area contributed by atoms with Crippen LogP contribution in [0, 0.1) is 11.6 Å². The fraction of sp³-hybridized carbons (Fsp3) is 0.400. The molecule has 1 fully saturated rings. The summed E-state index contributed by atoms with van der Waals surface area (Å²) < 4.78 is 67.1. The summed E-state index contributed by atoms with van der Waals surface area (Å²) in [6.07, 6.45) is -3.14. The highest BCUT2D eigenvalue weighted by atomic mass is 19.4. The van der Waals surface area contributed by atoms with Gasteiger partial charge in [0.05, 0.1) is 11.6 Å². The summed E-state index contributed by atoms with van der Waals surface area (Å²) in [4.78, 5) is 39.3. The Bertz CT molecular complexity index is 1190. The molecule has 12 heteroatoms. The van der Waals surface area contributed by atoms with E-state index < -0.39 is 46.9 Å². The van der Waals surface area contributed by atoms with Crippen molar-refractivity contribution < 1.29 is 36.3 Å². The zero-order valence-electron chi connectivity index (χ0n) is 20.6. The van der Waals surface area contributed by atoms with Gasteiger partial charge in [-0.3, -0.25) is 15.0 Å². The summed E-state index contributed by atoms with van der Waals surface area (Å²) in [5, 5.41) is 3.08. The molecule has 200 valence electrons. The maximum atomic E-state index is 14.9. The minimum absolute atomic E-state index is 0.0432. The first kappa shape index (κ1) is 27.9. The van der Waals surface area contributed by atoms with Gasteiger partial charge in [-0.1, -0.05) is 6.07 Å². The number of nitrogens with zero attached hydrogens (tertiary/aromatic N) is 2. The lowest BCUT2D eigenvalue weighted by atomic mass is 10.0. The summed E-state index contributed by atoms with van der Waals surface area (Å²) in [7, 11) is 1.11. The number of benzene rings is 2. The largest absolute Gasteiger partial charge is 0.416 e. The molecule has 2 aromatic rings. The van der Waals surface area contributed by atoms with Crippen LogP contribution in [0.2, 0.25) is 0 Å². The van der Waals surface area contributed by atoms with Crippen LogP contribution in [0.15, 0.2) is 36.4 Å². The van der Waals surface area contributed by atoms with Gasteiger partial charge >= 0.3 is 12.2 Å². The Morgan fingerprint density at radius 1 is 1.00 bits per heavy atom. The molecule has 1 heterocycles. The summed E-state index contributed by atoms with van der Waals surface area (Å²) in [6, 6.07) is 3.52. The molecule has 0 spiro atoms. The van der Waals surface area contributed by atoms with Crippen LogP contribution in [0.4, 0.5) is 26.7 Å². The molecule has 3 rings (SSSR count). The number of carbonyl (C=O) groups is 3. The highest BCUT2D eigenvalue weighted by Crippen LogP contribution is 2.30. The fourth-order valence-corrected chi connectivity index (χ4v) is 4.27. The third kappa shape index (κ3) is 6.36. The smallest absolute Gasteiger partial charge is 0.333 e. The second-order valence-electron chi connectivity index (χ2n) is 9.12. The maximum absolute atomic E-state index is 14.9. The topological polar surface area (TPSA) is 81.8 Å². The zero-order valence-corrected chi connectivity index (χ0v) is 20.6. The molecule has 0 radical (unpaired) electrons. The third-order valence-electron chi connectivity index (χ3n) is 6.30. The van der Waals surface area contributed by atoms with Crippen molar-refractivity contribution >= 4 is 17.8 Å². The average Bonchev–Trinajstić information content (AvgIpc) is 3.14. The van der Waals surface area contributed by atoms with Gasteiger partial charge in [0.2, 0.25) is 0 Å². The number of rotatable bonds is 4. The van der Waals surface area contributed by atoms with E-state index in [-0.39, 0.29) is 35.2 Å². The zero-order chi connectivity index (χ0) is 27.7. The molecule has 3 atom stereocenters. The van der Waals surface area contributed by atoms with Crippen LogP contribution in [0.5, 0.6) is 0 Å². The second-order valence-corrected chi connectivity index (χ2v) is 9.12. The second kappa shape index (κ2) is 10.7. The van der Waals surface area contributed by atoms with E-state index in [1.54, 1.807) is 4.90 Å². The van der Waals surface area contributed by atoms with Crippen LogP contribution in [0.1, 0.15) is 71.5 Å². The molecule has 7 nitrogen and oxygen atoms in total. The first-order valence-electron chi connectivity index (χ1n) is 11.5. The number of amides is 4. The highest BCUT2D eigenvalue weighted by Gasteiger charge is 2.33. The molecular weight excluding hydrogens is 499 g/mol. The number of hydrazine groups is 1. The van der Waals surface area contributed by atoms with Gasteiger partial charge in [-0.15, -0.1) is 0 Å².